The van der Waals surface area contributed by atoms with Gasteiger partial charge in [0.1, 0.15) is 5.15 Å². The van der Waals surface area contributed by atoms with Crippen LogP contribution in [0.2, 0.25) is 5.15 Å². The summed E-state index contributed by atoms with van der Waals surface area (Å²) in [4.78, 5) is 10.7. The van der Waals surface area contributed by atoms with Gasteiger partial charge in [-0.3, -0.25) is 9.48 Å². The Kier molecular flexibility index (Phi) is 2.61. The van der Waals surface area contributed by atoms with E-state index in [9.17, 15) is 18.0 Å². The lowest BCUT2D eigenvalue weighted by Gasteiger charge is -2.05. The monoisotopic (exact) mass is 268 g/mol. The summed E-state index contributed by atoms with van der Waals surface area (Å²) in [6.07, 6.45) is -4.45. The van der Waals surface area contributed by atoms with E-state index in [1.165, 1.54) is 7.05 Å². The molecule has 2 atom stereocenters. The minimum Gasteiger partial charge on any atom is -0.481 e. The predicted molar refractivity (Wildman–Crippen MR) is 51.7 cm³/mol. The Balaban J connectivity index is 2.44. The highest BCUT2D eigenvalue weighted by Crippen LogP contribution is 2.53. The third-order valence-electron chi connectivity index (χ3n) is 2.76. The summed E-state index contributed by atoms with van der Waals surface area (Å²) in [6, 6.07) is 0. The number of carboxylic acids is 1. The van der Waals surface area contributed by atoms with Crippen molar-refractivity contribution in [1.82, 2.24) is 9.78 Å². The molecule has 0 radical (unpaired) electrons. The van der Waals surface area contributed by atoms with E-state index in [1.807, 2.05) is 0 Å². The average molecular weight is 269 g/mol. The number of hydrogen-bond donors (Lipinski definition) is 1. The molecule has 1 aliphatic carbocycles. The number of alkyl halides is 3. The molecule has 0 aliphatic heterocycles. The van der Waals surface area contributed by atoms with Crippen LogP contribution >= 0.6 is 11.6 Å². The fourth-order valence-corrected chi connectivity index (χ4v) is 2.11. The van der Waals surface area contributed by atoms with Crippen molar-refractivity contribution in [3.8, 4) is 0 Å². The fraction of sp³-hybridized carbons (Fsp3) is 0.556. The van der Waals surface area contributed by atoms with Crippen LogP contribution in [0.15, 0.2) is 0 Å². The molecule has 94 valence electrons. The van der Waals surface area contributed by atoms with E-state index in [-0.39, 0.29) is 17.1 Å². The van der Waals surface area contributed by atoms with Gasteiger partial charge in [0.15, 0.2) is 5.69 Å². The number of aliphatic carboxylic acids is 1. The van der Waals surface area contributed by atoms with Crippen LogP contribution in [0, 0.1) is 5.92 Å². The van der Waals surface area contributed by atoms with E-state index in [4.69, 9.17) is 16.7 Å². The van der Waals surface area contributed by atoms with Crippen molar-refractivity contribution in [2.75, 3.05) is 0 Å². The maximum atomic E-state index is 12.7. The topological polar surface area (TPSA) is 55.1 Å². The number of aryl methyl sites for hydroxylation is 1. The summed E-state index contributed by atoms with van der Waals surface area (Å²) in [7, 11) is 1.29. The van der Waals surface area contributed by atoms with Crippen LogP contribution in [0.5, 0.6) is 0 Å². The van der Waals surface area contributed by atoms with Gasteiger partial charge in [0, 0.05) is 18.5 Å². The summed E-state index contributed by atoms with van der Waals surface area (Å²) < 4.78 is 38.9. The zero-order valence-corrected chi connectivity index (χ0v) is 9.38. The molecule has 0 aromatic carbocycles. The highest BCUT2D eigenvalue weighted by Gasteiger charge is 2.51. The molecular formula is C9H8ClF3N2O2. The molecule has 8 heteroatoms. The highest BCUT2D eigenvalue weighted by molar-refractivity contribution is 6.30. The first-order chi connectivity index (χ1) is 7.73. The van der Waals surface area contributed by atoms with Crippen molar-refractivity contribution >= 4 is 17.6 Å². The van der Waals surface area contributed by atoms with Crippen molar-refractivity contribution in [2.45, 2.75) is 18.5 Å². The molecule has 4 nitrogen and oxygen atoms in total. The molecule has 1 aromatic rings. The van der Waals surface area contributed by atoms with Crippen LogP contribution in [0.25, 0.3) is 0 Å². The Hall–Kier alpha value is -1.24. The van der Waals surface area contributed by atoms with E-state index in [2.05, 4.69) is 5.10 Å². The van der Waals surface area contributed by atoms with Crippen LogP contribution < -0.4 is 0 Å². The van der Waals surface area contributed by atoms with E-state index in [0.717, 1.165) is 4.68 Å². The molecule has 2 rings (SSSR count). The van der Waals surface area contributed by atoms with E-state index in [1.54, 1.807) is 0 Å². The van der Waals surface area contributed by atoms with E-state index in [0.29, 0.717) is 0 Å². The first kappa shape index (κ1) is 12.2. The molecule has 1 fully saturated rings. The Morgan fingerprint density at radius 3 is 2.59 bits per heavy atom. The molecule has 1 heterocycles. The van der Waals surface area contributed by atoms with Gasteiger partial charge >= 0.3 is 12.1 Å². The first-order valence-corrected chi connectivity index (χ1v) is 5.13. The van der Waals surface area contributed by atoms with Gasteiger partial charge in [-0.05, 0) is 6.42 Å². The van der Waals surface area contributed by atoms with Gasteiger partial charge < -0.3 is 5.11 Å². The summed E-state index contributed by atoms with van der Waals surface area (Å²) in [6.45, 7) is 0. The van der Waals surface area contributed by atoms with Crippen molar-refractivity contribution < 1.29 is 23.1 Å². The van der Waals surface area contributed by atoms with Gasteiger partial charge in [-0.2, -0.15) is 18.3 Å². The molecule has 2 unspecified atom stereocenters. The minimum atomic E-state index is -4.62. The van der Waals surface area contributed by atoms with Crippen LogP contribution in [0.3, 0.4) is 0 Å². The lowest BCUT2D eigenvalue weighted by molar-refractivity contribution is -0.143. The Bertz CT molecular complexity index is 483. The summed E-state index contributed by atoms with van der Waals surface area (Å²) >= 11 is 5.73. The van der Waals surface area contributed by atoms with Gasteiger partial charge in [-0.15, -0.1) is 0 Å². The molecule has 1 N–H and O–H groups in total. The average Bonchev–Trinajstić information content (AvgIpc) is 2.89. The maximum absolute atomic E-state index is 12.7. The normalized spacial score (nSPS) is 23.8. The molecule has 1 aromatic heterocycles. The number of halogens is 4. The third-order valence-corrected chi connectivity index (χ3v) is 3.21. The van der Waals surface area contributed by atoms with Crippen LogP contribution in [-0.4, -0.2) is 20.9 Å². The smallest absolute Gasteiger partial charge is 0.435 e. The number of aromatic nitrogens is 2. The summed E-state index contributed by atoms with van der Waals surface area (Å²) in [5.74, 6) is -2.59. The number of hydrogen-bond acceptors (Lipinski definition) is 2. The zero-order chi connectivity index (χ0) is 13.0. The van der Waals surface area contributed by atoms with Gasteiger partial charge in [0.2, 0.25) is 0 Å². The molecule has 17 heavy (non-hydrogen) atoms. The van der Waals surface area contributed by atoms with Crippen molar-refractivity contribution in [3.63, 3.8) is 0 Å². The minimum absolute atomic E-state index is 0.147. The Morgan fingerprint density at radius 2 is 2.18 bits per heavy atom. The second-order valence-electron chi connectivity index (χ2n) is 3.96. The number of carbonyl (C=O) groups is 1. The molecular weight excluding hydrogens is 261 g/mol. The third kappa shape index (κ3) is 1.99. The van der Waals surface area contributed by atoms with Crippen molar-refractivity contribution in [2.24, 2.45) is 13.0 Å². The second-order valence-corrected chi connectivity index (χ2v) is 4.32. The molecule has 0 saturated heterocycles. The maximum Gasteiger partial charge on any atom is 0.435 e. The highest BCUT2D eigenvalue weighted by atomic mass is 35.5. The predicted octanol–water partition coefficient (Wildman–Crippen LogP) is 2.28. The number of nitrogens with zero attached hydrogens (tertiary/aromatic N) is 2. The lowest BCUT2D eigenvalue weighted by atomic mass is 10.1. The molecule has 0 amide bonds. The van der Waals surface area contributed by atoms with Crippen LogP contribution in [0.1, 0.15) is 23.6 Å². The molecule has 1 saturated carbocycles. The van der Waals surface area contributed by atoms with Crippen LogP contribution in [0.4, 0.5) is 13.2 Å². The van der Waals surface area contributed by atoms with Crippen LogP contribution in [-0.2, 0) is 18.0 Å². The summed E-state index contributed by atoms with van der Waals surface area (Å²) in [5.41, 5.74) is -1.28. The number of rotatable bonds is 2. The standard InChI is InChI=1S/C9H8ClF3N2O2/c1-15-7(10)5(3-2-4(3)8(16)17)6(14-15)9(11,12)13/h3-4H,2H2,1H3,(H,16,17). The number of carboxylic acid groups (broad SMARTS) is 1. The Labute approximate surface area is 99.0 Å². The molecule has 1 aliphatic rings. The van der Waals surface area contributed by atoms with Gasteiger partial charge in [0.05, 0.1) is 5.92 Å². The second kappa shape index (κ2) is 3.63. The molecule has 0 spiro atoms. The molecule has 0 bridgehead atoms. The van der Waals surface area contributed by atoms with Gasteiger partial charge in [-0.25, -0.2) is 0 Å². The zero-order valence-electron chi connectivity index (χ0n) is 8.62. The van der Waals surface area contributed by atoms with E-state index < -0.39 is 29.7 Å². The van der Waals surface area contributed by atoms with E-state index >= 15 is 0 Å². The SMILES string of the molecule is Cn1nc(C(F)(F)F)c(C2CC2C(=O)O)c1Cl. The van der Waals surface area contributed by atoms with Gasteiger partial charge in [-0.1, -0.05) is 11.6 Å². The fourth-order valence-electron chi connectivity index (χ4n) is 1.84. The van der Waals surface area contributed by atoms with Crippen molar-refractivity contribution in [1.29, 1.82) is 0 Å². The Morgan fingerprint density at radius 1 is 1.59 bits per heavy atom. The lowest BCUT2D eigenvalue weighted by Crippen LogP contribution is -2.10. The largest absolute Gasteiger partial charge is 0.481 e. The quantitative estimate of drug-likeness (QED) is 0.895. The van der Waals surface area contributed by atoms with Gasteiger partial charge in [0.25, 0.3) is 0 Å². The van der Waals surface area contributed by atoms with Crippen molar-refractivity contribution in [3.05, 3.63) is 16.4 Å². The summed E-state index contributed by atoms with van der Waals surface area (Å²) in [5, 5.41) is 11.9. The first-order valence-electron chi connectivity index (χ1n) is 4.76.